The molecule has 1 aliphatic rings. The Balaban J connectivity index is 2.10. The van der Waals surface area contributed by atoms with Crippen molar-refractivity contribution in [1.29, 1.82) is 0 Å². The molecule has 2 aromatic rings. The van der Waals surface area contributed by atoms with Crippen LogP contribution in [0.25, 0.3) is 11.3 Å². The normalized spacial score (nSPS) is 14.4. The van der Waals surface area contributed by atoms with Gasteiger partial charge in [-0.25, -0.2) is 9.97 Å². The van der Waals surface area contributed by atoms with Gasteiger partial charge >= 0.3 is 0 Å². The Hall–Kier alpha value is -1.42. The van der Waals surface area contributed by atoms with Crippen LogP contribution < -0.4 is 4.74 Å². The molecule has 0 saturated heterocycles. The van der Waals surface area contributed by atoms with E-state index in [1.54, 1.807) is 7.11 Å². The fourth-order valence-corrected chi connectivity index (χ4v) is 2.78. The molecule has 0 spiro atoms. The van der Waals surface area contributed by atoms with Gasteiger partial charge in [-0.1, -0.05) is 0 Å². The number of nitrogens with zero attached hydrogens (tertiary/aromatic N) is 2. The summed E-state index contributed by atoms with van der Waals surface area (Å²) in [6, 6.07) is 6.19. The smallest absolute Gasteiger partial charge is 0.133 e. The fourth-order valence-electron chi connectivity index (χ4n) is 2.38. The molecular formula is C16H17BrN2O. The molecule has 1 aromatic heterocycles. The number of rotatable bonds is 3. The van der Waals surface area contributed by atoms with Gasteiger partial charge in [0.2, 0.25) is 0 Å². The zero-order valence-corrected chi connectivity index (χ0v) is 13.5. The molecule has 0 bridgehead atoms. The lowest BCUT2D eigenvalue weighted by molar-refractivity contribution is 0.411. The number of hydrogen-bond donors (Lipinski definition) is 0. The van der Waals surface area contributed by atoms with Gasteiger partial charge in [0, 0.05) is 11.5 Å². The fraction of sp³-hybridized carbons (Fsp3) is 0.375. The van der Waals surface area contributed by atoms with E-state index >= 15 is 0 Å². The molecule has 4 heteroatoms. The molecule has 0 aliphatic heterocycles. The summed E-state index contributed by atoms with van der Waals surface area (Å²) in [7, 11) is 1.70. The van der Waals surface area contributed by atoms with Gasteiger partial charge < -0.3 is 4.74 Å². The first-order valence-corrected chi connectivity index (χ1v) is 7.58. The van der Waals surface area contributed by atoms with Gasteiger partial charge in [-0.15, -0.1) is 0 Å². The lowest BCUT2D eigenvalue weighted by Crippen LogP contribution is -1.98. The lowest BCUT2D eigenvalue weighted by atomic mass is 10.0. The highest BCUT2D eigenvalue weighted by Gasteiger charge is 2.27. The Morgan fingerprint density at radius 3 is 2.50 bits per heavy atom. The number of ether oxygens (including phenoxy) is 1. The second-order valence-corrected chi connectivity index (χ2v) is 6.16. The summed E-state index contributed by atoms with van der Waals surface area (Å²) >= 11 is 3.50. The summed E-state index contributed by atoms with van der Waals surface area (Å²) in [4.78, 5) is 9.23. The molecule has 1 saturated carbocycles. The Bertz CT molecular complexity index is 666. The largest absolute Gasteiger partial charge is 0.496 e. The maximum absolute atomic E-state index is 5.37. The molecule has 0 unspecified atom stereocenters. The summed E-state index contributed by atoms with van der Waals surface area (Å²) in [5, 5.41) is 0. The first-order chi connectivity index (χ1) is 9.58. The monoisotopic (exact) mass is 332 g/mol. The molecule has 3 rings (SSSR count). The molecule has 1 heterocycles. The summed E-state index contributed by atoms with van der Waals surface area (Å²) in [5.74, 6) is 2.43. The van der Waals surface area contributed by atoms with Gasteiger partial charge in [-0.05, 0) is 71.9 Å². The van der Waals surface area contributed by atoms with Crippen molar-refractivity contribution in [1.82, 2.24) is 9.97 Å². The van der Waals surface area contributed by atoms with Crippen LogP contribution in [0, 0.1) is 13.8 Å². The molecule has 1 fully saturated rings. The van der Waals surface area contributed by atoms with Crippen LogP contribution in [0.15, 0.2) is 22.8 Å². The van der Waals surface area contributed by atoms with Crippen LogP contribution in [0.3, 0.4) is 0 Å². The Morgan fingerprint density at radius 2 is 1.85 bits per heavy atom. The van der Waals surface area contributed by atoms with E-state index in [4.69, 9.17) is 9.72 Å². The number of methoxy groups -OCH3 is 1. The third-order valence-corrected chi connectivity index (χ3v) is 4.08. The van der Waals surface area contributed by atoms with Crippen molar-refractivity contribution >= 4 is 15.9 Å². The van der Waals surface area contributed by atoms with E-state index in [0.29, 0.717) is 5.92 Å². The van der Waals surface area contributed by atoms with Crippen LogP contribution in [0.2, 0.25) is 0 Å². The third kappa shape index (κ3) is 2.57. The van der Waals surface area contributed by atoms with Crippen molar-refractivity contribution < 1.29 is 4.74 Å². The molecule has 0 radical (unpaired) electrons. The van der Waals surface area contributed by atoms with Gasteiger partial charge in [0.25, 0.3) is 0 Å². The first kappa shape index (κ1) is 13.6. The molecule has 0 N–H and O–H groups in total. The number of aromatic nitrogens is 2. The molecule has 1 aromatic carbocycles. The minimum atomic E-state index is 0.547. The van der Waals surface area contributed by atoms with Crippen LogP contribution in [0.1, 0.15) is 35.7 Å². The quantitative estimate of drug-likeness (QED) is 0.781. The predicted molar refractivity (Wildman–Crippen MR) is 83.2 cm³/mol. The van der Waals surface area contributed by atoms with Gasteiger partial charge in [-0.2, -0.15) is 0 Å². The van der Waals surface area contributed by atoms with E-state index in [0.717, 1.165) is 33.0 Å². The summed E-state index contributed by atoms with van der Waals surface area (Å²) in [6.07, 6.45) is 2.41. The highest BCUT2D eigenvalue weighted by atomic mass is 79.9. The molecule has 3 nitrogen and oxygen atoms in total. The zero-order chi connectivity index (χ0) is 14.3. The van der Waals surface area contributed by atoms with E-state index < -0.39 is 0 Å². The minimum Gasteiger partial charge on any atom is -0.496 e. The number of halogens is 1. The second kappa shape index (κ2) is 5.17. The maximum atomic E-state index is 5.37. The van der Waals surface area contributed by atoms with E-state index in [1.807, 2.05) is 6.07 Å². The Kier molecular flexibility index (Phi) is 3.50. The highest BCUT2D eigenvalue weighted by Crippen LogP contribution is 2.39. The van der Waals surface area contributed by atoms with E-state index in [-0.39, 0.29) is 0 Å². The van der Waals surface area contributed by atoms with Crippen LogP contribution in [0.5, 0.6) is 5.75 Å². The maximum Gasteiger partial charge on any atom is 0.133 e. The molecule has 0 amide bonds. The topological polar surface area (TPSA) is 35.0 Å². The van der Waals surface area contributed by atoms with Crippen molar-refractivity contribution in [2.75, 3.05) is 7.11 Å². The van der Waals surface area contributed by atoms with Crippen molar-refractivity contribution in [3.05, 3.63) is 39.8 Å². The number of aryl methyl sites for hydroxylation is 2. The van der Waals surface area contributed by atoms with Gasteiger partial charge in [0.1, 0.15) is 16.2 Å². The van der Waals surface area contributed by atoms with Crippen molar-refractivity contribution in [2.45, 2.75) is 32.6 Å². The highest BCUT2D eigenvalue weighted by molar-refractivity contribution is 9.10. The first-order valence-electron chi connectivity index (χ1n) is 6.78. The van der Waals surface area contributed by atoms with Crippen LogP contribution in [-0.2, 0) is 0 Å². The molecular weight excluding hydrogens is 316 g/mol. The van der Waals surface area contributed by atoms with Crippen LogP contribution in [-0.4, -0.2) is 17.1 Å². The van der Waals surface area contributed by atoms with Gasteiger partial charge in [0.05, 0.1) is 12.8 Å². The van der Waals surface area contributed by atoms with Crippen LogP contribution >= 0.6 is 15.9 Å². The van der Waals surface area contributed by atoms with Gasteiger partial charge in [-0.3, -0.25) is 0 Å². The molecule has 20 heavy (non-hydrogen) atoms. The second-order valence-electron chi connectivity index (χ2n) is 5.35. The number of hydrogen-bond acceptors (Lipinski definition) is 3. The van der Waals surface area contributed by atoms with Crippen molar-refractivity contribution in [2.24, 2.45) is 0 Å². The minimum absolute atomic E-state index is 0.547. The Labute approximate surface area is 127 Å². The van der Waals surface area contributed by atoms with E-state index in [2.05, 4.69) is 46.9 Å². The van der Waals surface area contributed by atoms with E-state index in [9.17, 15) is 0 Å². The average molecular weight is 333 g/mol. The van der Waals surface area contributed by atoms with Crippen LogP contribution in [0.4, 0.5) is 0 Å². The van der Waals surface area contributed by atoms with Crippen molar-refractivity contribution in [3.8, 4) is 17.0 Å². The Morgan fingerprint density at radius 1 is 1.10 bits per heavy atom. The SMILES string of the molecule is COc1cc(C)c(-c2cc(Br)nc(C3CC3)n2)cc1C. The molecule has 104 valence electrons. The lowest BCUT2D eigenvalue weighted by Gasteiger charge is -2.12. The summed E-state index contributed by atoms with van der Waals surface area (Å²) in [5.41, 5.74) is 4.42. The van der Waals surface area contributed by atoms with Crippen molar-refractivity contribution in [3.63, 3.8) is 0 Å². The van der Waals surface area contributed by atoms with Gasteiger partial charge in [0.15, 0.2) is 0 Å². The molecule has 0 atom stereocenters. The predicted octanol–water partition coefficient (Wildman–Crippen LogP) is 4.41. The number of benzene rings is 1. The van der Waals surface area contributed by atoms with E-state index in [1.165, 1.54) is 18.4 Å². The summed E-state index contributed by atoms with van der Waals surface area (Å²) < 4.78 is 6.23. The zero-order valence-electron chi connectivity index (χ0n) is 11.9. The standard InChI is InChI=1S/C16H17BrN2O/c1-9-7-14(20-3)10(2)6-12(9)13-8-15(17)19-16(18-13)11-4-5-11/h6-8,11H,4-5H2,1-3H3. The third-order valence-electron chi connectivity index (χ3n) is 3.67. The molecule has 1 aliphatic carbocycles. The summed E-state index contributed by atoms with van der Waals surface area (Å²) in [6.45, 7) is 4.14. The average Bonchev–Trinajstić information content (AvgIpc) is 3.24.